The molecule has 4 nitrogen and oxygen atoms in total. The van der Waals surface area contributed by atoms with E-state index in [0.717, 1.165) is 5.56 Å². The van der Waals surface area contributed by atoms with Gasteiger partial charge in [0.1, 0.15) is 0 Å². The predicted molar refractivity (Wildman–Crippen MR) is 63.5 cm³/mol. The van der Waals surface area contributed by atoms with E-state index in [1.54, 1.807) is 23.3 Å². The minimum atomic E-state index is -0.448. The lowest BCUT2D eigenvalue weighted by molar-refractivity contribution is -0.132. The fourth-order valence-electron chi connectivity index (χ4n) is 1.92. The van der Waals surface area contributed by atoms with E-state index in [4.69, 9.17) is 0 Å². The lowest BCUT2D eigenvalue weighted by Crippen LogP contribution is -2.44. The van der Waals surface area contributed by atoms with Crippen LogP contribution < -0.4 is 5.32 Å². The molecule has 1 fully saturated rings. The van der Waals surface area contributed by atoms with Crippen molar-refractivity contribution in [3.63, 3.8) is 0 Å². The van der Waals surface area contributed by atoms with Crippen molar-refractivity contribution >= 4 is 17.2 Å². The summed E-state index contributed by atoms with van der Waals surface area (Å²) in [6, 6.07) is 1.87. The van der Waals surface area contributed by atoms with Gasteiger partial charge in [0.15, 0.2) is 0 Å². The van der Waals surface area contributed by atoms with E-state index in [1.165, 1.54) is 0 Å². The van der Waals surface area contributed by atoms with Gasteiger partial charge in [-0.15, -0.1) is 0 Å². The van der Waals surface area contributed by atoms with Gasteiger partial charge in [0.05, 0.1) is 18.6 Å². The second kappa shape index (κ2) is 4.95. The zero-order valence-corrected chi connectivity index (χ0v) is 10.0. The molecule has 1 aromatic heterocycles. The summed E-state index contributed by atoms with van der Waals surface area (Å²) in [5.74, 6) is 0.0613. The fourth-order valence-corrected chi connectivity index (χ4v) is 2.59. The molecule has 0 saturated carbocycles. The number of hydrogen-bond acceptors (Lipinski definition) is 4. The minimum Gasteiger partial charge on any atom is -0.390 e. The number of hydrogen-bond donors (Lipinski definition) is 2. The molecular formula is C11H16N2O2S. The van der Waals surface area contributed by atoms with Crippen LogP contribution in [0.3, 0.4) is 0 Å². The number of nitrogens with one attached hydrogen (secondary N) is 1. The SMILES string of the molecule is CN(C(=O)Cc1ccsc1)[C@@H]1CNC[C@H]1O. The number of carbonyl (C=O) groups is 1. The maximum atomic E-state index is 11.9. The molecule has 0 bridgehead atoms. The summed E-state index contributed by atoms with van der Waals surface area (Å²) in [5, 5.41) is 16.7. The Hall–Kier alpha value is -0.910. The molecule has 1 saturated heterocycles. The van der Waals surface area contributed by atoms with Crippen LogP contribution in [0.1, 0.15) is 5.56 Å². The summed E-state index contributed by atoms with van der Waals surface area (Å²) >= 11 is 1.59. The highest BCUT2D eigenvalue weighted by atomic mass is 32.1. The summed E-state index contributed by atoms with van der Waals surface area (Å²) in [6.07, 6.45) is -0.0279. The number of rotatable bonds is 3. The van der Waals surface area contributed by atoms with Crippen molar-refractivity contribution in [1.82, 2.24) is 10.2 Å². The minimum absolute atomic E-state index is 0.0613. The van der Waals surface area contributed by atoms with Crippen LogP contribution in [-0.2, 0) is 11.2 Å². The fraction of sp³-hybridized carbons (Fsp3) is 0.545. The highest BCUT2D eigenvalue weighted by Crippen LogP contribution is 2.12. The summed E-state index contributed by atoms with van der Waals surface area (Å²) < 4.78 is 0. The Kier molecular flexibility index (Phi) is 3.58. The molecule has 16 heavy (non-hydrogen) atoms. The first-order valence-electron chi connectivity index (χ1n) is 5.34. The van der Waals surface area contributed by atoms with Crippen molar-refractivity contribution < 1.29 is 9.90 Å². The van der Waals surface area contributed by atoms with Crippen molar-refractivity contribution in [2.45, 2.75) is 18.6 Å². The van der Waals surface area contributed by atoms with Gasteiger partial charge in [-0.3, -0.25) is 4.79 Å². The van der Waals surface area contributed by atoms with Crippen molar-refractivity contribution in [3.8, 4) is 0 Å². The number of likely N-dealkylation sites (N-methyl/N-ethyl adjacent to an activating group) is 1. The number of thiophene rings is 1. The Bertz CT molecular complexity index is 353. The number of aliphatic hydroxyl groups excluding tert-OH is 1. The normalized spacial score (nSPS) is 24.6. The van der Waals surface area contributed by atoms with Gasteiger partial charge in [0.2, 0.25) is 5.91 Å². The molecule has 2 N–H and O–H groups in total. The van der Waals surface area contributed by atoms with E-state index in [1.807, 2.05) is 16.8 Å². The van der Waals surface area contributed by atoms with Gasteiger partial charge in [0.25, 0.3) is 0 Å². The first-order valence-corrected chi connectivity index (χ1v) is 6.28. The van der Waals surface area contributed by atoms with Crippen molar-refractivity contribution in [2.75, 3.05) is 20.1 Å². The quantitative estimate of drug-likeness (QED) is 0.787. The van der Waals surface area contributed by atoms with Crippen LogP contribution in [0.2, 0.25) is 0 Å². The number of aliphatic hydroxyl groups is 1. The average Bonchev–Trinajstić information content (AvgIpc) is 2.88. The van der Waals surface area contributed by atoms with Gasteiger partial charge >= 0.3 is 0 Å². The number of carbonyl (C=O) groups excluding carboxylic acids is 1. The van der Waals surface area contributed by atoms with Gasteiger partial charge in [-0.05, 0) is 22.4 Å². The first-order chi connectivity index (χ1) is 7.68. The van der Waals surface area contributed by atoms with Gasteiger partial charge < -0.3 is 15.3 Å². The van der Waals surface area contributed by atoms with E-state index in [2.05, 4.69) is 5.32 Å². The van der Waals surface area contributed by atoms with Gasteiger partial charge in [-0.2, -0.15) is 11.3 Å². The largest absolute Gasteiger partial charge is 0.390 e. The Morgan fingerprint density at radius 1 is 1.69 bits per heavy atom. The Labute approximate surface area is 98.9 Å². The molecule has 2 rings (SSSR count). The summed E-state index contributed by atoms with van der Waals surface area (Å²) in [6.45, 7) is 1.24. The highest BCUT2D eigenvalue weighted by Gasteiger charge is 2.30. The average molecular weight is 240 g/mol. The number of β-amino-alcohol motifs (C(OH)–C–C–N with tert-alkyl or cyclic N) is 1. The third kappa shape index (κ3) is 2.42. The van der Waals surface area contributed by atoms with Crippen LogP contribution in [0.15, 0.2) is 16.8 Å². The third-order valence-corrected chi connectivity index (χ3v) is 3.71. The molecule has 1 aliphatic heterocycles. The Morgan fingerprint density at radius 3 is 3.06 bits per heavy atom. The predicted octanol–water partition coefficient (Wildman–Crippen LogP) is 0.0817. The molecule has 5 heteroatoms. The van der Waals surface area contributed by atoms with E-state index in [-0.39, 0.29) is 11.9 Å². The van der Waals surface area contributed by atoms with E-state index < -0.39 is 6.10 Å². The summed E-state index contributed by atoms with van der Waals surface area (Å²) in [5.41, 5.74) is 1.04. The molecule has 88 valence electrons. The van der Waals surface area contributed by atoms with E-state index >= 15 is 0 Å². The van der Waals surface area contributed by atoms with Crippen LogP contribution in [0.25, 0.3) is 0 Å². The van der Waals surface area contributed by atoms with Crippen molar-refractivity contribution in [1.29, 1.82) is 0 Å². The topological polar surface area (TPSA) is 52.6 Å². The molecule has 0 unspecified atom stereocenters. The molecule has 2 heterocycles. The van der Waals surface area contributed by atoms with Crippen LogP contribution in [0.4, 0.5) is 0 Å². The van der Waals surface area contributed by atoms with Crippen molar-refractivity contribution in [2.24, 2.45) is 0 Å². The van der Waals surface area contributed by atoms with Crippen LogP contribution in [0.5, 0.6) is 0 Å². The van der Waals surface area contributed by atoms with Crippen LogP contribution in [-0.4, -0.2) is 48.2 Å². The number of nitrogens with zero attached hydrogens (tertiary/aromatic N) is 1. The van der Waals surface area contributed by atoms with Crippen LogP contribution in [0, 0.1) is 0 Å². The first kappa shape index (κ1) is 11.6. The molecule has 0 radical (unpaired) electrons. The molecule has 1 aromatic rings. The molecular weight excluding hydrogens is 224 g/mol. The molecule has 0 spiro atoms. The molecule has 0 aliphatic carbocycles. The molecule has 1 amide bonds. The second-order valence-corrected chi connectivity index (χ2v) is 4.89. The molecule has 0 aromatic carbocycles. The Morgan fingerprint density at radius 2 is 2.50 bits per heavy atom. The highest BCUT2D eigenvalue weighted by molar-refractivity contribution is 7.07. The summed E-state index contributed by atoms with van der Waals surface area (Å²) in [7, 11) is 1.76. The van der Waals surface area contributed by atoms with E-state index in [9.17, 15) is 9.90 Å². The lowest BCUT2D eigenvalue weighted by atomic mass is 10.1. The van der Waals surface area contributed by atoms with Crippen LogP contribution >= 0.6 is 11.3 Å². The van der Waals surface area contributed by atoms with Gasteiger partial charge in [-0.25, -0.2) is 0 Å². The van der Waals surface area contributed by atoms with Crippen molar-refractivity contribution in [3.05, 3.63) is 22.4 Å². The Balaban J connectivity index is 1.94. The summed E-state index contributed by atoms with van der Waals surface area (Å²) in [4.78, 5) is 13.6. The monoisotopic (exact) mass is 240 g/mol. The number of amides is 1. The maximum absolute atomic E-state index is 11.9. The van der Waals surface area contributed by atoms with Gasteiger partial charge in [-0.1, -0.05) is 0 Å². The molecule has 1 aliphatic rings. The second-order valence-electron chi connectivity index (χ2n) is 4.11. The maximum Gasteiger partial charge on any atom is 0.227 e. The zero-order valence-electron chi connectivity index (χ0n) is 9.22. The van der Waals surface area contributed by atoms with Gasteiger partial charge in [0, 0.05) is 20.1 Å². The third-order valence-electron chi connectivity index (χ3n) is 2.98. The smallest absolute Gasteiger partial charge is 0.227 e. The zero-order chi connectivity index (χ0) is 11.5. The molecule has 2 atom stereocenters. The van der Waals surface area contributed by atoms with E-state index in [0.29, 0.717) is 19.5 Å². The lowest BCUT2D eigenvalue weighted by Gasteiger charge is -2.26. The standard InChI is InChI=1S/C11H16N2O2S/c1-13(9-5-12-6-10(9)14)11(15)4-8-2-3-16-7-8/h2-3,7,9-10,12,14H,4-6H2,1H3/t9-,10-/m1/s1.